The maximum absolute atomic E-state index is 15.1. The number of methoxy groups -OCH3 is 1. The van der Waals surface area contributed by atoms with Crippen LogP contribution in [-0.2, 0) is 25.5 Å². The van der Waals surface area contributed by atoms with Crippen LogP contribution in [0.15, 0.2) is 48.8 Å². The SMILES string of the molecule is CCCN(CCC(CC)C(=O)NCCOCCOCCOC)Cc1cnc(-c2cc3nccc(Oc4ccc(NC(=O)NC5CC5)cc4F)c3s2)cc1C. The Labute approximate surface area is 321 Å². The van der Waals surface area contributed by atoms with Crippen molar-refractivity contribution in [2.75, 3.05) is 65.1 Å². The molecule has 0 bridgehead atoms. The van der Waals surface area contributed by atoms with Gasteiger partial charge >= 0.3 is 6.03 Å². The molecule has 292 valence electrons. The summed E-state index contributed by atoms with van der Waals surface area (Å²) in [5.41, 5.74) is 4.16. The number of urea groups is 1. The van der Waals surface area contributed by atoms with Gasteiger partial charge in [-0.3, -0.25) is 19.7 Å². The summed E-state index contributed by atoms with van der Waals surface area (Å²) in [5, 5.41) is 8.52. The molecule has 12 nitrogen and oxygen atoms in total. The molecular weight excluding hydrogens is 712 g/mol. The van der Waals surface area contributed by atoms with Crippen LogP contribution in [0.1, 0.15) is 57.1 Å². The molecule has 5 rings (SSSR count). The Kier molecular flexibility index (Phi) is 16.0. The second kappa shape index (κ2) is 21.0. The van der Waals surface area contributed by atoms with E-state index in [9.17, 15) is 9.59 Å². The van der Waals surface area contributed by atoms with Crippen LogP contribution in [-0.4, -0.2) is 92.6 Å². The summed E-state index contributed by atoms with van der Waals surface area (Å²) in [7, 11) is 1.64. The minimum atomic E-state index is -0.586. The van der Waals surface area contributed by atoms with E-state index in [-0.39, 0.29) is 29.6 Å². The summed E-state index contributed by atoms with van der Waals surface area (Å²) < 4.78 is 37.8. The standard InChI is InChI=1S/C40H53FN6O6S/c1-5-15-47(16-12-28(6-2)39(48)43-14-17-51-20-21-52-19-18-50-4)26-29-25-44-33(22-27(29)3)37-24-34-38(54-37)36(11-13-42-34)53-35-10-9-31(23-32(35)41)46-40(49)45-30-7-8-30/h9-11,13,22-25,28,30H,5-8,12,14-21,26H2,1-4H3,(H,43,48)(H2,45,46,49). The third-order valence-electron chi connectivity index (χ3n) is 9.11. The van der Waals surface area contributed by atoms with Gasteiger partial charge in [-0.05, 0) is 87.5 Å². The maximum atomic E-state index is 15.1. The second-order valence-corrected chi connectivity index (χ2v) is 14.5. The predicted molar refractivity (Wildman–Crippen MR) is 210 cm³/mol. The average Bonchev–Trinajstić information content (AvgIpc) is 3.86. The van der Waals surface area contributed by atoms with Crippen molar-refractivity contribution in [3.8, 4) is 22.1 Å². The number of rotatable bonds is 23. The van der Waals surface area contributed by atoms with Crippen molar-refractivity contribution < 1.29 is 32.9 Å². The van der Waals surface area contributed by atoms with Crippen LogP contribution in [0.4, 0.5) is 14.9 Å². The Morgan fingerprint density at radius 1 is 1.00 bits per heavy atom. The van der Waals surface area contributed by atoms with Crippen LogP contribution in [0.3, 0.4) is 0 Å². The van der Waals surface area contributed by atoms with Gasteiger partial charge in [0.1, 0.15) is 5.75 Å². The van der Waals surface area contributed by atoms with Crippen molar-refractivity contribution in [3.05, 3.63) is 65.7 Å². The van der Waals surface area contributed by atoms with Crippen LogP contribution in [0.2, 0.25) is 0 Å². The van der Waals surface area contributed by atoms with Crippen molar-refractivity contribution >= 4 is 39.2 Å². The van der Waals surface area contributed by atoms with Gasteiger partial charge in [-0.25, -0.2) is 9.18 Å². The van der Waals surface area contributed by atoms with E-state index in [1.165, 1.54) is 23.5 Å². The molecule has 0 radical (unpaired) electrons. The number of carbonyl (C=O) groups is 2. The fourth-order valence-electron chi connectivity index (χ4n) is 5.91. The van der Waals surface area contributed by atoms with Gasteiger partial charge in [-0.2, -0.15) is 0 Å². The summed E-state index contributed by atoms with van der Waals surface area (Å²) >= 11 is 1.49. The topological polar surface area (TPSA) is 136 Å². The van der Waals surface area contributed by atoms with Crippen LogP contribution < -0.4 is 20.7 Å². The largest absolute Gasteiger partial charge is 0.453 e. The Hall–Kier alpha value is -4.21. The van der Waals surface area contributed by atoms with Gasteiger partial charge < -0.3 is 34.9 Å². The number of pyridine rings is 2. The molecule has 1 aromatic carbocycles. The number of anilines is 1. The molecule has 0 spiro atoms. The first-order valence-electron chi connectivity index (χ1n) is 18.8. The van der Waals surface area contributed by atoms with Gasteiger partial charge in [0.05, 0.1) is 53.8 Å². The average molecular weight is 765 g/mol. The highest BCUT2D eigenvalue weighted by molar-refractivity contribution is 7.22. The highest BCUT2D eigenvalue weighted by Crippen LogP contribution is 2.39. The first-order valence-corrected chi connectivity index (χ1v) is 19.6. The molecule has 0 aliphatic heterocycles. The van der Waals surface area contributed by atoms with Crippen molar-refractivity contribution in [1.29, 1.82) is 0 Å². The monoisotopic (exact) mass is 764 g/mol. The number of aromatic nitrogens is 2. The number of hydrogen-bond donors (Lipinski definition) is 3. The van der Waals surface area contributed by atoms with Gasteiger partial charge in [-0.15, -0.1) is 11.3 Å². The minimum absolute atomic E-state index is 0.0487. The van der Waals surface area contributed by atoms with Crippen LogP contribution in [0, 0.1) is 18.7 Å². The van der Waals surface area contributed by atoms with Gasteiger partial charge in [-0.1, -0.05) is 13.8 Å². The summed E-state index contributed by atoms with van der Waals surface area (Å²) in [6.07, 6.45) is 8.04. The molecule has 0 saturated heterocycles. The van der Waals surface area contributed by atoms with Crippen LogP contribution in [0.5, 0.6) is 11.5 Å². The van der Waals surface area contributed by atoms with Gasteiger partial charge in [0, 0.05) is 62.4 Å². The number of nitrogens with zero attached hydrogens (tertiary/aromatic N) is 3. The molecule has 1 aliphatic carbocycles. The zero-order valence-corrected chi connectivity index (χ0v) is 32.6. The molecule has 14 heteroatoms. The molecule has 3 N–H and O–H groups in total. The van der Waals surface area contributed by atoms with Crippen molar-refractivity contribution in [3.63, 3.8) is 0 Å². The molecule has 1 saturated carbocycles. The summed E-state index contributed by atoms with van der Waals surface area (Å²) in [5.74, 6) is -0.0635. The number of benzene rings is 1. The second-order valence-electron chi connectivity index (χ2n) is 13.4. The number of ether oxygens (including phenoxy) is 4. The zero-order valence-electron chi connectivity index (χ0n) is 31.8. The lowest BCUT2D eigenvalue weighted by molar-refractivity contribution is -0.125. The Balaban J connectivity index is 1.15. The molecule has 4 aromatic rings. The van der Waals surface area contributed by atoms with Crippen molar-refractivity contribution in [1.82, 2.24) is 25.5 Å². The lowest BCUT2D eigenvalue weighted by atomic mass is 10.0. The Morgan fingerprint density at radius 3 is 2.52 bits per heavy atom. The quantitative estimate of drug-likeness (QED) is 0.0665. The number of fused-ring (bicyclic) bond motifs is 1. The molecular formula is C40H53FN6O6S. The number of carbonyl (C=O) groups excluding carboxylic acids is 2. The zero-order chi connectivity index (χ0) is 38.3. The van der Waals surface area contributed by atoms with Crippen LogP contribution >= 0.6 is 11.3 Å². The van der Waals surface area contributed by atoms with E-state index >= 15 is 4.39 Å². The summed E-state index contributed by atoms with van der Waals surface area (Å²) in [6.45, 7) is 11.8. The Bertz CT molecular complexity index is 1820. The normalized spacial score (nSPS) is 13.3. The van der Waals surface area contributed by atoms with E-state index in [2.05, 4.69) is 52.7 Å². The summed E-state index contributed by atoms with van der Waals surface area (Å²) in [4.78, 5) is 37.7. The van der Waals surface area contributed by atoms with E-state index in [1.807, 2.05) is 12.3 Å². The first-order chi connectivity index (χ1) is 26.3. The number of aryl methyl sites for hydroxylation is 1. The first kappa shape index (κ1) is 41.0. The number of amides is 3. The highest BCUT2D eigenvalue weighted by Gasteiger charge is 2.23. The molecule has 1 fully saturated rings. The predicted octanol–water partition coefficient (Wildman–Crippen LogP) is 7.31. The van der Waals surface area contributed by atoms with E-state index in [4.69, 9.17) is 23.9 Å². The fourth-order valence-corrected chi connectivity index (χ4v) is 6.94. The number of nitrogens with one attached hydrogen (secondary N) is 3. The van der Waals surface area contributed by atoms with Gasteiger partial charge in [0.15, 0.2) is 11.6 Å². The van der Waals surface area contributed by atoms with Crippen LogP contribution in [0.25, 0.3) is 20.8 Å². The lowest BCUT2D eigenvalue weighted by Gasteiger charge is -2.25. The molecule has 54 heavy (non-hydrogen) atoms. The molecule has 1 atom stereocenters. The summed E-state index contributed by atoms with van der Waals surface area (Å²) in [6, 6.07) is 10.00. The molecule has 3 heterocycles. The van der Waals surface area contributed by atoms with E-state index in [0.29, 0.717) is 51.0 Å². The number of hydrogen-bond acceptors (Lipinski definition) is 10. The molecule has 3 aromatic heterocycles. The van der Waals surface area contributed by atoms with E-state index in [1.54, 1.807) is 25.4 Å². The third kappa shape index (κ3) is 12.4. The molecule has 1 unspecified atom stereocenters. The Morgan fingerprint density at radius 2 is 1.80 bits per heavy atom. The van der Waals surface area contributed by atoms with Crippen molar-refractivity contribution in [2.45, 2.75) is 65.5 Å². The maximum Gasteiger partial charge on any atom is 0.319 e. The lowest BCUT2D eigenvalue weighted by Crippen LogP contribution is -2.35. The highest BCUT2D eigenvalue weighted by atomic mass is 32.1. The number of thiophene rings is 1. The molecule has 1 aliphatic rings. The van der Waals surface area contributed by atoms with Gasteiger partial charge in [0.2, 0.25) is 5.91 Å². The van der Waals surface area contributed by atoms with E-state index in [0.717, 1.165) is 83.7 Å². The smallest absolute Gasteiger partial charge is 0.319 e. The molecule has 3 amide bonds. The number of halogens is 1. The third-order valence-corrected chi connectivity index (χ3v) is 10.3. The van der Waals surface area contributed by atoms with E-state index < -0.39 is 5.82 Å². The minimum Gasteiger partial charge on any atom is -0.453 e. The van der Waals surface area contributed by atoms with Gasteiger partial charge in [0.25, 0.3) is 0 Å². The van der Waals surface area contributed by atoms with Crippen molar-refractivity contribution in [2.24, 2.45) is 5.92 Å². The fraction of sp³-hybridized carbons (Fsp3) is 0.500.